The van der Waals surface area contributed by atoms with Gasteiger partial charge in [0.05, 0.1) is 12.8 Å². The summed E-state index contributed by atoms with van der Waals surface area (Å²) in [5.74, 6) is 1.73. The van der Waals surface area contributed by atoms with E-state index in [1.165, 1.54) is 0 Å². The summed E-state index contributed by atoms with van der Waals surface area (Å²) in [4.78, 5) is 14.1. The number of aromatic nitrogens is 2. The summed E-state index contributed by atoms with van der Waals surface area (Å²) >= 11 is 0. The topological polar surface area (TPSA) is 86.2 Å². The summed E-state index contributed by atoms with van der Waals surface area (Å²) in [5, 5.41) is 13.0. The highest BCUT2D eigenvalue weighted by molar-refractivity contribution is 5.74. The van der Waals surface area contributed by atoms with E-state index in [0.717, 1.165) is 43.2 Å². The fourth-order valence-corrected chi connectivity index (χ4v) is 2.64. The average Bonchev–Trinajstić information content (AvgIpc) is 3.17. The van der Waals surface area contributed by atoms with Crippen molar-refractivity contribution in [3.63, 3.8) is 0 Å². The van der Waals surface area contributed by atoms with Crippen LogP contribution in [0.15, 0.2) is 28.9 Å². The molecule has 118 valence electrons. The van der Waals surface area contributed by atoms with Crippen LogP contribution in [0.3, 0.4) is 0 Å². The van der Waals surface area contributed by atoms with Gasteiger partial charge in [0.1, 0.15) is 5.76 Å². The van der Waals surface area contributed by atoms with Crippen molar-refractivity contribution >= 4 is 11.8 Å². The van der Waals surface area contributed by atoms with E-state index in [4.69, 9.17) is 4.42 Å². The average molecular weight is 303 g/mol. The summed E-state index contributed by atoms with van der Waals surface area (Å²) in [5.41, 5.74) is 1.06. The number of nitrogens with one attached hydrogen (secondary N) is 3. The fourth-order valence-electron chi connectivity index (χ4n) is 2.64. The Morgan fingerprint density at radius 2 is 2.32 bits per heavy atom. The van der Waals surface area contributed by atoms with E-state index in [1.807, 2.05) is 19.1 Å². The summed E-state index contributed by atoms with van der Waals surface area (Å²) in [7, 11) is 0. The zero-order chi connectivity index (χ0) is 15.4. The van der Waals surface area contributed by atoms with Crippen LogP contribution in [0.4, 0.5) is 10.6 Å². The maximum Gasteiger partial charge on any atom is 0.315 e. The molecule has 0 bridgehead atoms. The van der Waals surface area contributed by atoms with Gasteiger partial charge in [-0.05, 0) is 31.9 Å². The molecule has 2 aromatic heterocycles. The number of aryl methyl sites for hydroxylation is 1. The Kier molecular flexibility index (Phi) is 4.32. The van der Waals surface area contributed by atoms with Gasteiger partial charge in [-0.15, -0.1) is 0 Å². The van der Waals surface area contributed by atoms with Gasteiger partial charge >= 0.3 is 6.03 Å². The molecule has 7 nitrogen and oxygen atoms in total. The molecule has 0 spiro atoms. The van der Waals surface area contributed by atoms with Crippen LogP contribution in [-0.4, -0.2) is 35.4 Å². The van der Waals surface area contributed by atoms with E-state index in [9.17, 15) is 4.79 Å². The molecule has 2 aromatic rings. The van der Waals surface area contributed by atoms with Crippen molar-refractivity contribution in [2.75, 3.05) is 18.0 Å². The molecule has 1 fully saturated rings. The normalized spacial score (nSPS) is 15.8. The Morgan fingerprint density at radius 1 is 1.50 bits per heavy atom. The smallest absolute Gasteiger partial charge is 0.315 e. The standard InChI is InChI=1S/C15H21N5O2/c1-11-9-14(19-18-11)20-6-4-12(5-7-20)17-15(21)16-10-13-3-2-8-22-13/h2-3,8-9,12H,4-7,10H2,1H3,(H,18,19)(H2,16,17,21). The number of piperidine rings is 1. The van der Waals surface area contributed by atoms with Crippen LogP contribution in [0.25, 0.3) is 0 Å². The molecular formula is C15H21N5O2. The second-order valence-electron chi connectivity index (χ2n) is 5.58. The number of anilines is 1. The van der Waals surface area contributed by atoms with Crippen molar-refractivity contribution < 1.29 is 9.21 Å². The molecule has 0 atom stereocenters. The van der Waals surface area contributed by atoms with Gasteiger partial charge in [0.25, 0.3) is 0 Å². The summed E-state index contributed by atoms with van der Waals surface area (Å²) in [6.45, 7) is 4.19. The lowest BCUT2D eigenvalue weighted by Crippen LogP contribution is -2.47. The summed E-state index contributed by atoms with van der Waals surface area (Å²) in [6, 6.07) is 5.74. The van der Waals surface area contributed by atoms with Gasteiger partial charge in [-0.2, -0.15) is 5.10 Å². The second-order valence-corrected chi connectivity index (χ2v) is 5.58. The Balaban J connectivity index is 1.40. The highest BCUT2D eigenvalue weighted by Crippen LogP contribution is 2.18. The molecule has 1 aliphatic rings. The molecule has 3 N–H and O–H groups in total. The summed E-state index contributed by atoms with van der Waals surface area (Å²) < 4.78 is 5.18. The van der Waals surface area contributed by atoms with E-state index in [-0.39, 0.29) is 12.1 Å². The van der Waals surface area contributed by atoms with Crippen molar-refractivity contribution in [2.45, 2.75) is 32.4 Å². The minimum atomic E-state index is -0.148. The lowest BCUT2D eigenvalue weighted by Gasteiger charge is -2.32. The van der Waals surface area contributed by atoms with Crippen LogP contribution in [0, 0.1) is 6.92 Å². The van der Waals surface area contributed by atoms with Crippen LogP contribution in [0.1, 0.15) is 24.3 Å². The molecule has 0 saturated carbocycles. The first-order valence-corrected chi connectivity index (χ1v) is 7.54. The Morgan fingerprint density at radius 3 is 2.95 bits per heavy atom. The molecule has 2 amide bonds. The minimum absolute atomic E-state index is 0.148. The van der Waals surface area contributed by atoms with Crippen LogP contribution in [-0.2, 0) is 6.54 Å². The first-order chi connectivity index (χ1) is 10.7. The number of H-pyrrole nitrogens is 1. The Bertz CT molecular complexity index is 599. The predicted octanol–water partition coefficient (Wildman–Crippen LogP) is 1.78. The van der Waals surface area contributed by atoms with Crippen LogP contribution in [0.5, 0.6) is 0 Å². The highest BCUT2D eigenvalue weighted by Gasteiger charge is 2.22. The number of hydrogen-bond donors (Lipinski definition) is 3. The molecule has 3 rings (SSSR count). The van der Waals surface area contributed by atoms with Crippen molar-refractivity contribution in [1.82, 2.24) is 20.8 Å². The maximum absolute atomic E-state index is 11.9. The third-order valence-electron chi connectivity index (χ3n) is 3.85. The maximum atomic E-state index is 11.9. The van der Waals surface area contributed by atoms with Crippen molar-refractivity contribution in [3.8, 4) is 0 Å². The number of nitrogens with zero attached hydrogens (tertiary/aromatic N) is 2. The van der Waals surface area contributed by atoms with Crippen LogP contribution in [0.2, 0.25) is 0 Å². The number of hydrogen-bond acceptors (Lipinski definition) is 4. The van der Waals surface area contributed by atoms with Crippen molar-refractivity contribution in [2.24, 2.45) is 0 Å². The van der Waals surface area contributed by atoms with Gasteiger partial charge in [0, 0.05) is 30.9 Å². The lowest BCUT2D eigenvalue weighted by atomic mass is 10.1. The van der Waals surface area contributed by atoms with Gasteiger partial charge < -0.3 is 20.0 Å². The zero-order valence-corrected chi connectivity index (χ0v) is 12.6. The van der Waals surface area contributed by atoms with E-state index in [2.05, 4.69) is 25.7 Å². The highest BCUT2D eigenvalue weighted by atomic mass is 16.3. The molecule has 0 radical (unpaired) electrons. The molecule has 0 aliphatic carbocycles. The first-order valence-electron chi connectivity index (χ1n) is 7.54. The van der Waals surface area contributed by atoms with Crippen LogP contribution < -0.4 is 15.5 Å². The number of carbonyl (C=O) groups is 1. The third kappa shape index (κ3) is 3.60. The van der Waals surface area contributed by atoms with Gasteiger partial charge in [0.15, 0.2) is 5.82 Å². The second kappa shape index (κ2) is 6.55. The number of carbonyl (C=O) groups excluding carboxylic acids is 1. The predicted molar refractivity (Wildman–Crippen MR) is 82.6 cm³/mol. The largest absolute Gasteiger partial charge is 0.467 e. The minimum Gasteiger partial charge on any atom is -0.467 e. The summed E-state index contributed by atoms with van der Waals surface area (Å²) in [6.07, 6.45) is 3.43. The number of urea groups is 1. The van der Waals surface area contributed by atoms with E-state index in [0.29, 0.717) is 6.54 Å². The van der Waals surface area contributed by atoms with E-state index >= 15 is 0 Å². The number of aromatic amines is 1. The number of amides is 2. The Labute approximate surface area is 129 Å². The fraction of sp³-hybridized carbons (Fsp3) is 0.467. The molecule has 0 aromatic carbocycles. The van der Waals surface area contributed by atoms with Crippen LogP contribution >= 0.6 is 0 Å². The third-order valence-corrected chi connectivity index (χ3v) is 3.85. The SMILES string of the molecule is Cc1cc(N2CCC(NC(=O)NCc3ccco3)CC2)n[nH]1. The van der Waals surface area contributed by atoms with Gasteiger partial charge in [-0.25, -0.2) is 4.79 Å². The number of rotatable bonds is 4. The van der Waals surface area contributed by atoms with Gasteiger partial charge in [-0.3, -0.25) is 5.10 Å². The lowest BCUT2D eigenvalue weighted by molar-refractivity contribution is 0.233. The van der Waals surface area contributed by atoms with Crippen molar-refractivity contribution in [1.29, 1.82) is 0 Å². The first kappa shape index (κ1) is 14.5. The quantitative estimate of drug-likeness (QED) is 0.803. The molecule has 7 heteroatoms. The number of furan rings is 1. The molecule has 1 saturated heterocycles. The zero-order valence-electron chi connectivity index (χ0n) is 12.6. The van der Waals surface area contributed by atoms with E-state index < -0.39 is 0 Å². The molecule has 1 aliphatic heterocycles. The van der Waals surface area contributed by atoms with Crippen molar-refractivity contribution in [3.05, 3.63) is 35.9 Å². The molecule has 3 heterocycles. The molecular weight excluding hydrogens is 282 g/mol. The molecule has 22 heavy (non-hydrogen) atoms. The monoisotopic (exact) mass is 303 g/mol. The molecule has 0 unspecified atom stereocenters. The van der Waals surface area contributed by atoms with Gasteiger partial charge in [-0.1, -0.05) is 0 Å². The Hall–Kier alpha value is -2.44. The van der Waals surface area contributed by atoms with Gasteiger partial charge in [0.2, 0.25) is 0 Å². The van der Waals surface area contributed by atoms with E-state index in [1.54, 1.807) is 12.3 Å².